The molecule has 0 unspecified atom stereocenters. The lowest BCUT2D eigenvalue weighted by Crippen LogP contribution is -2.43. The highest BCUT2D eigenvalue weighted by Crippen LogP contribution is 2.42. The fourth-order valence-electron chi connectivity index (χ4n) is 3.76. The van der Waals surface area contributed by atoms with Crippen LogP contribution in [0.3, 0.4) is 0 Å². The van der Waals surface area contributed by atoms with Crippen LogP contribution >= 0.6 is 11.3 Å². The third-order valence-corrected chi connectivity index (χ3v) is 6.62. The van der Waals surface area contributed by atoms with Gasteiger partial charge in [0.05, 0.1) is 17.7 Å². The first-order valence-electron chi connectivity index (χ1n) is 10.0. The Hall–Kier alpha value is -3.13. The van der Waals surface area contributed by atoms with Crippen molar-refractivity contribution in [3.8, 4) is 27.6 Å². The summed E-state index contributed by atoms with van der Waals surface area (Å²) in [6.45, 7) is 6.51. The van der Waals surface area contributed by atoms with E-state index in [1.165, 1.54) is 18.4 Å². The van der Waals surface area contributed by atoms with Gasteiger partial charge >= 0.3 is 5.97 Å². The van der Waals surface area contributed by atoms with Crippen LogP contribution in [0.5, 0.6) is 5.75 Å². The van der Waals surface area contributed by atoms with Gasteiger partial charge < -0.3 is 19.3 Å². The second kappa shape index (κ2) is 7.53. The highest BCUT2D eigenvalue weighted by atomic mass is 32.1. The Labute approximate surface area is 184 Å². The van der Waals surface area contributed by atoms with Gasteiger partial charge in [-0.05, 0) is 56.3 Å². The summed E-state index contributed by atoms with van der Waals surface area (Å²) in [5.41, 5.74) is 2.96. The number of carbonyl (C=O) groups is 2. The topological polar surface area (TPSA) is 84.7 Å². The van der Waals surface area contributed by atoms with E-state index in [0.717, 1.165) is 21.7 Å². The van der Waals surface area contributed by atoms with Crippen LogP contribution in [0.2, 0.25) is 0 Å². The van der Waals surface area contributed by atoms with Crippen molar-refractivity contribution in [3.05, 3.63) is 46.6 Å². The van der Waals surface area contributed by atoms with Crippen molar-refractivity contribution in [2.75, 3.05) is 14.2 Å². The Kier molecular flexibility index (Phi) is 5.13. The highest BCUT2D eigenvalue weighted by molar-refractivity contribution is 7.13. The van der Waals surface area contributed by atoms with Crippen molar-refractivity contribution in [1.82, 2.24) is 14.5 Å². The maximum absolute atomic E-state index is 13.4. The molecule has 1 aliphatic heterocycles. The average Bonchev–Trinajstić information content (AvgIpc) is 3.38. The number of ether oxygens (including phenoxy) is 1. The van der Waals surface area contributed by atoms with E-state index in [0.29, 0.717) is 30.2 Å². The van der Waals surface area contributed by atoms with E-state index >= 15 is 0 Å². The summed E-state index contributed by atoms with van der Waals surface area (Å²) in [6, 6.07) is 7.33. The molecule has 0 saturated heterocycles. The molecule has 3 heterocycles. The first-order valence-corrected chi connectivity index (χ1v) is 10.9. The number of nitrogens with zero attached hydrogens (tertiary/aromatic N) is 3. The van der Waals surface area contributed by atoms with Crippen molar-refractivity contribution in [3.63, 3.8) is 0 Å². The molecule has 0 fully saturated rings. The third kappa shape index (κ3) is 3.50. The van der Waals surface area contributed by atoms with E-state index in [2.05, 4.69) is 0 Å². The Bertz CT molecular complexity index is 1170. The quantitative estimate of drug-likeness (QED) is 0.651. The number of benzene rings is 1. The van der Waals surface area contributed by atoms with Gasteiger partial charge in [0.2, 0.25) is 0 Å². The Balaban J connectivity index is 1.98. The molecule has 4 rings (SSSR count). The molecule has 3 aromatic rings. The lowest BCUT2D eigenvalue weighted by molar-refractivity contribution is 0.0636. The maximum atomic E-state index is 13.4. The molecule has 1 aliphatic rings. The van der Waals surface area contributed by atoms with E-state index < -0.39 is 5.97 Å². The van der Waals surface area contributed by atoms with E-state index in [1.807, 2.05) is 42.9 Å². The molecule has 0 bridgehead atoms. The van der Waals surface area contributed by atoms with Crippen LogP contribution in [-0.2, 0) is 13.0 Å². The molecule has 2 aromatic heterocycles. The second-order valence-corrected chi connectivity index (χ2v) is 9.51. The number of fused-ring (bicyclic) bond motifs is 3. The number of aryl methyl sites for hydroxylation is 1. The van der Waals surface area contributed by atoms with Crippen molar-refractivity contribution < 1.29 is 19.4 Å². The predicted molar refractivity (Wildman–Crippen MR) is 120 cm³/mol. The number of rotatable bonds is 4. The summed E-state index contributed by atoms with van der Waals surface area (Å²) >= 11 is 1.54. The first-order chi connectivity index (χ1) is 14.6. The van der Waals surface area contributed by atoms with Crippen LogP contribution in [0.4, 0.5) is 0 Å². The second-order valence-electron chi connectivity index (χ2n) is 8.56. The Morgan fingerprint density at radius 1 is 1.29 bits per heavy atom. The summed E-state index contributed by atoms with van der Waals surface area (Å²) in [6.07, 6.45) is 0.651. The number of carboxylic acids is 1. The lowest BCUT2D eigenvalue weighted by atomic mass is 9.94. The number of aromatic carboxylic acids is 1. The number of carbonyl (C=O) groups excluding carboxylic acids is 1. The molecule has 1 aromatic carbocycles. The molecule has 1 amide bonds. The van der Waals surface area contributed by atoms with Gasteiger partial charge in [-0.15, -0.1) is 11.3 Å². The molecular formula is C23H25N3O4S. The van der Waals surface area contributed by atoms with Gasteiger partial charge in [-0.1, -0.05) is 6.07 Å². The zero-order valence-corrected chi connectivity index (χ0v) is 19.0. The normalized spacial score (nSPS) is 12.8. The largest absolute Gasteiger partial charge is 0.496 e. The minimum absolute atomic E-state index is 0.0905. The lowest BCUT2D eigenvalue weighted by Gasteiger charge is -2.32. The number of hydrogen-bond donors (Lipinski definition) is 1. The SMILES string of the molecule is COc1cc2c(cc1C(=O)O)-c1c(-c3cccs3)nc(C(=O)N(C)C(C)(C)C)n1CC2. The monoisotopic (exact) mass is 439 g/mol. The number of amides is 1. The van der Waals surface area contributed by atoms with Crippen molar-refractivity contribution in [2.45, 2.75) is 39.3 Å². The van der Waals surface area contributed by atoms with Crippen LogP contribution in [-0.4, -0.2) is 51.1 Å². The zero-order valence-electron chi connectivity index (χ0n) is 18.2. The molecule has 0 radical (unpaired) electrons. The number of hydrogen-bond acceptors (Lipinski definition) is 5. The highest BCUT2D eigenvalue weighted by Gasteiger charge is 2.33. The van der Waals surface area contributed by atoms with Crippen LogP contribution < -0.4 is 4.74 Å². The molecule has 0 atom stereocenters. The summed E-state index contributed by atoms with van der Waals surface area (Å²) in [5.74, 6) is -0.514. The molecule has 162 valence electrons. The smallest absolute Gasteiger partial charge is 0.339 e. The van der Waals surface area contributed by atoms with E-state index in [4.69, 9.17) is 9.72 Å². The molecule has 8 heteroatoms. The average molecular weight is 440 g/mol. The maximum Gasteiger partial charge on any atom is 0.339 e. The number of imidazole rings is 1. The molecule has 31 heavy (non-hydrogen) atoms. The number of aromatic nitrogens is 2. The van der Waals surface area contributed by atoms with E-state index in [9.17, 15) is 14.7 Å². The summed E-state index contributed by atoms with van der Waals surface area (Å²) < 4.78 is 7.24. The van der Waals surface area contributed by atoms with Gasteiger partial charge in [0.25, 0.3) is 5.91 Å². The zero-order chi connectivity index (χ0) is 22.5. The van der Waals surface area contributed by atoms with Gasteiger partial charge in [0.15, 0.2) is 5.82 Å². The molecular weight excluding hydrogens is 414 g/mol. The first kappa shape index (κ1) is 21.1. The van der Waals surface area contributed by atoms with Gasteiger partial charge in [-0.3, -0.25) is 4.79 Å². The van der Waals surface area contributed by atoms with E-state index in [1.54, 1.807) is 24.1 Å². The minimum atomic E-state index is -1.06. The third-order valence-electron chi connectivity index (χ3n) is 5.74. The fourth-order valence-corrected chi connectivity index (χ4v) is 4.48. The van der Waals surface area contributed by atoms with Crippen LogP contribution in [0.25, 0.3) is 21.8 Å². The van der Waals surface area contributed by atoms with Crippen LogP contribution in [0.15, 0.2) is 29.6 Å². The molecule has 1 N–H and O–H groups in total. The molecule has 0 aliphatic carbocycles. The number of methoxy groups -OCH3 is 1. The van der Waals surface area contributed by atoms with Crippen molar-refractivity contribution >= 4 is 23.2 Å². The standard InChI is InChI=1S/C23H25N3O4S/c1-23(2,3)25(4)21(27)20-24-18(17-7-6-10-31-17)19-14-12-15(22(28)29)16(30-5)11-13(14)8-9-26(19)20/h6-7,10-12H,8-9H2,1-5H3,(H,28,29). The Morgan fingerprint density at radius 3 is 2.61 bits per heavy atom. The van der Waals surface area contributed by atoms with Crippen molar-refractivity contribution in [1.29, 1.82) is 0 Å². The van der Waals surface area contributed by atoms with Gasteiger partial charge in [-0.2, -0.15) is 0 Å². The van der Waals surface area contributed by atoms with E-state index in [-0.39, 0.29) is 17.0 Å². The minimum Gasteiger partial charge on any atom is -0.496 e. The summed E-state index contributed by atoms with van der Waals surface area (Å²) in [4.78, 5) is 32.6. The molecule has 0 saturated carbocycles. The number of thiophene rings is 1. The summed E-state index contributed by atoms with van der Waals surface area (Å²) in [7, 11) is 3.25. The predicted octanol–water partition coefficient (Wildman–Crippen LogP) is 4.41. The van der Waals surface area contributed by atoms with Gasteiger partial charge in [0.1, 0.15) is 17.0 Å². The van der Waals surface area contributed by atoms with Crippen LogP contribution in [0, 0.1) is 0 Å². The van der Waals surface area contributed by atoms with Gasteiger partial charge in [-0.25, -0.2) is 9.78 Å². The Morgan fingerprint density at radius 2 is 2.03 bits per heavy atom. The van der Waals surface area contributed by atoms with Crippen molar-refractivity contribution in [2.24, 2.45) is 0 Å². The molecule has 0 spiro atoms. The fraction of sp³-hybridized carbons (Fsp3) is 0.348. The number of carboxylic acid groups (broad SMARTS) is 1. The molecule has 7 nitrogen and oxygen atoms in total. The summed E-state index contributed by atoms with van der Waals surface area (Å²) in [5, 5.41) is 11.7. The van der Waals surface area contributed by atoms with Crippen LogP contribution in [0.1, 0.15) is 47.3 Å². The van der Waals surface area contributed by atoms with Gasteiger partial charge in [0, 0.05) is 24.7 Å².